The van der Waals surface area contributed by atoms with Crippen LogP contribution >= 0.6 is 11.8 Å². The average Bonchev–Trinajstić information content (AvgIpc) is 1.83. The van der Waals surface area contributed by atoms with Crippen LogP contribution in [0.3, 0.4) is 0 Å². The molecule has 0 saturated heterocycles. The van der Waals surface area contributed by atoms with Gasteiger partial charge in [0, 0.05) is 19.3 Å². The average molecular weight is 131 g/mol. The van der Waals surface area contributed by atoms with Gasteiger partial charge in [0.05, 0.1) is 0 Å². The highest BCUT2D eigenvalue weighted by atomic mass is 32.2. The van der Waals surface area contributed by atoms with E-state index >= 15 is 0 Å². The number of carbonyl (C=O) groups is 1. The van der Waals surface area contributed by atoms with Crippen LogP contribution in [0.25, 0.3) is 0 Å². The van der Waals surface area contributed by atoms with E-state index in [-0.39, 0.29) is 5.12 Å². The zero-order valence-corrected chi connectivity index (χ0v) is 5.79. The van der Waals surface area contributed by atoms with Gasteiger partial charge in [-0.1, -0.05) is 11.8 Å². The molecule has 0 atom stereocenters. The van der Waals surface area contributed by atoms with Crippen LogP contribution in [0.5, 0.6) is 0 Å². The molecule has 0 rings (SSSR count). The van der Waals surface area contributed by atoms with Crippen LogP contribution in [0.2, 0.25) is 0 Å². The van der Waals surface area contributed by atoms with Crippen LogP contribution in [0, 0.1) is 0 Å². The van der Waals surface area contributed by atoms with E-state index in [1.165, 1.54) is 17.8 Å². The molecule has 46 valence electrons. The lowest BCUT2D eigenvalue weighted by Gasteiger charge is -1.83. The normalized spacial score (nSPS) is 9.75. The molecule has 3 heteroatoms. The quantitative estimate of drug-likeness (QED) is 0.557. The van der Waals surface area contributed by atoms with Gasteiger partial charge < -0.3 is 5.32 Å². The van der Waals surface area contributed by atoms with Gasteiger partial charge in [-0.05, 0) is 6.26 Å². The van der Waals surface area contributed by atoms with Crippen LogP contribution in [0.15, 0.2) is 12.3 Å². The molecule has 0 radical (unpaired) electrons. The second-order valence-corrected chi connectivity index (χ2v) is 1.96. The van der Waals surface area contributed by atoms with E-state index in [1.54, 1.807) is 19.5 Å². The van der Waals surface area contributed by atoms with Crippen molar-refractivity contribution in [3.63, 3.8) is 0 Å². The van der Waals surface area contributed by atoms with Gasteiger partial charge in [0.25, 0.3) is 0 Å². The van der Waals surface area contributed by atoms with Crippen LogP contribution in [-0.2, 0) is 4.79 Å². The van der Waals surface area contributed by atoms with Gasteiger partial charge in [-0.15, -0.1) is 0 Å². The van der Waals surface area contributed by atoms with E-state index in [0.717, 1.165) is 0 Å². The summed E-state index contributed by atoms with van der Waals surface area (Å²) in [5, 5.41) is 2.79. The van der Waals surface area contributed by atoms with Gasteiger partial charge in [-0.3, -0.25) is 4.79 Å². The molecule has 1 N–H and O–H groups in total. The summed E-state index contributed by atoms with van der Waals surface area (Å²) in [5.74, 6) is 0. The van der Waals surface area contributed by atoms with E-state index in [9.17, 15) is 4.79 Å². The van der Waals surface area contributed by atoms with E-state index in [2.05, 4.69) is 5.32 Å². The third-order valence-corrected chi connectivity index (χ3v) is 1.13. The molecule has 0 aromatic heterocycles. The Labute approximate surface area is 53.3 Å². The number of carbonyl (C=O) groups excluding carboxylic acids is 1. The van der Waals surface area contributed by atoms with Gasteiger partial charge in [-0.2, -0.15) is 0 Å². The summed E-state index contributed by atoms with van der Waals surface area (Å²) in [6.07, 6.45) is 4.85. The highest BCUT2D eigenvalue weighted by Gasteiger charge is 1.85. The molecule has 0 aliphatic carbocycles. The largest absolute Gasteiger partial charge is 0.394 e. The van der Waals surface area contributed by atoms with Crippen LogP contribution in [0.1, 0.15) is 0 Å². The Balaban J connectivity index is 3.37. The first-order valence-corrected chi connectivity index (χ1v) is 3.45. The molecule has 0 unspecified atom stereocenters. The van der Waals surface area contributed by atoms with Crippen molar-refractivity contribution in [2.45, 2.75) is 0 Å². The van der Waals surface area contributed by atoms with Gasteiger partial charge in [0.15, 0.2) is 0 Å². The standard InChI is InChI=1S/C5H9NOS/c1-6-4-3-5(7)8-2/h3-4,6H,1-2H3/b4-3+. The van der Waals surface area contributed by atoms with Crippen molar-refractivity contribution >= 4 is 16.9 Å². The summed E-state index contributed by atoms with van der Waals surface area (Å²) < 4.78 is 0. The number of rotatable bonds is 2. The lowest BCUT2D eigenvalue weighted by atomic mass is 10.7. The molecule has 0 spiro atoms. The monoisotopic (exact) mass is 131 g/mol. The Bertz CT molecular complexity index is 101. The summed E-state index contributed by atoms with van der Waals surface area (Å²) >= 11 is 1.20. The minimum absolute atomic E-state index is 0.0688. The van der Waals surface area contributed by atoms with Crippen LogP contribution in [0.4, 0.5) is 0 Å². The second kappa shape index (κ2) is 4.71. The number of thioether (sulfide) groups is 1. The van der Waals surface area contributed by atoms with E-state index < -0.39 is 0 Å². The Morgan fingerprint density at radius 1 is 1.75 bits per heavy atom. The van der Waals surface area contributed by atoms with Crippen molar-refractivity contribution in [1.82, 2.24) is 5.32 Å². The SMILES string of the molecule is CN/C=C/C(=O)SC. The molecule has 0 amide bonds. The maximum Gasteiger partial charge on any atom is 0.213 e. The van der Waals surface area contributed by atoms with Crippen molar-refractivity contribution in [1.29, 1.82) is 0 Å². The van der Waals surface area contributed by atoms with Gasteiger partial charge in [0.1, 0.15) is 0 Å². The smallest absolute Gasteiger partial charge is 0.213 e. The van der Waals surface area contributed by atoms with Crippen molar-refractivity contribution in [2.75, 3.05) is 13.3 Å². The van der Waals surface area contributed by atoms with Crippen LogP contribution < -0.4 is 5.32 Å². The van der Waals surface area contributed by atoms with Gasteiger partial charge >= 0.3 is 0 Å². The number of nitrogens with one attached hydrogen (secondary N) is 1. The lowest BCUT2D eigenvalue weighted by Crippen LogP contribution is -1.93. The first-order chi connectivity index (χ1) is 3.81. The van der Waals surface area contributed by atoms with Crippen LogP contribution in [-0.4, -0.2) is 18.4 Å². The summed E-state index contributed by atoms with van der Waals surface area (Å²) in [5.41, 5.74) is 0. The maximum absolute atomic E-state index is 10.4. The Morgan fingerprint density at radius 3 is 2.75 bits per heavy atom. The molecule has 0 aromatic carbocycles. The molecule has 0 aliphatic rings. The summed E-state index contributed by atoms with van der Waals surface area (Å²) in [4.78, 5) is 10.4. The fourth-order valence-corrected chi connectivity index (χ4v) is 0.424. The van der Waals surface area contributed by atoms with Crippen molar-refractivity contribution in [3.05, 3.63) is 12.3 Å². The van der Waals surface area contributed by atoms with E-state index in [0.29, 0.717) is 0 Å². The van der Waals surface area contributed by atoms with Gasteiger partial charge in [0.2, 0.25) is 5.12 Å². The van der Waals surface area contributed by atoms with Crippen molar-refractivity contribution < 1.29 is 4.79 Å². The minimum Gasteiger partial charge on any atom is -0.394 e. The molecular weight excluding hydrogens is 122 g/mol. The molecule has 0 aromatic rings. The Kier molecular flexibility index (Phi) is 4.45. The minimum atomic E-state index is 0.0688. The lowest BCUT2D eigenvalue weighted by molar-refractivity contribution is -0.107. The second-order valence-electron chi connectivity index (χ2n) is 1.15. The predicted octanol–water partition coefficient (Wildman–Crippen LogP) is 0.609. The molecular formula is C5H9NOS. The van der Waals surface area contributed by atoms with Crippen molar-refractivity contribution in [2.24, 2.45) is 0 Å². The van der Waals surface area contributed by atoms with Crippen molar-refractivity contribution in [3.8, 4) is 0 Å². The topological polar surface area (TPSA) is 29.1 Å². The third-order valence-electron chi connectivity index (χ3n) is 0.587. The van der Waals surface area contributed by atoms with E-state index in [4.69, 9.17) is 0 Å². The zero-order valence-electron chi connectivity index (χ0n) is 4.97. The van der Waals surface area contributed by atoms with E-state index in [1.807, 2.05) is 0 Å². The first-order valence-electron chi connectivity index (χ1n) is 2.23. The molecule has 0 heterocycles. The molecule has 2 nitrogen and oxygen atoms in total. The maximum atomic E-state index is 10.4. The Hall–Kier alpha value is -0.440. The first kappa shape index (κ1) is 7.56. The predicted molar refractivity (Wildman–Crippen MR) is 36.7 cm³/mol. The number of hydrogen-bond donors (Lipinski definition) is 1. The molecule has 0 fully saturated rings. The molecule has 8 heavy (non-hydrogen) atoms. The molecule has 0 aliphatic heterocycles. The summed E-state index contributed by atoms with van der Waals surface area (Å²) in [7, 11) is 1.75. The molecule has 0 saturated carbocycles. The fourth-order valence-electron chi connectivity index (χ4n) is 0.219. The summed E-state index contributed by atoms with van der Waals surface area (Å²) in [6.45, 7) is 0. The number of hydrogen-bond acceptors (Lipinski definition) is 3. The third kappa shape index (κ3) is 3.74. The fraction of sp³-hybridized carbons (Fsp3) is 0.400. The zero-order chi connectivity index (χ0) is 6.41. The molecule has 0 bridgehead atoms. The summed E-state index contributed by atoms with van der Waals surface area (Å²) in [6, 6.07) is 0. The highest BCUT2D eigenvalue weighted by molar-refractivity contribution is 8.13. The highest BCUT2D eigenvalue weighted by Crippen LogP contribution is 1.93. The Morgan fingerprint density at radius 2 is 2.38 bits per heavy atom. The van der Waals surface area contributed by atoms with Gasteiger partial charge in [-0.25, -0.2) is 0 Å².